The van der Waals surface area contributed by atoms with Crippen LogP contribution in [0, 0.1) is 0 Å². The Morgan fingerprint density at radius 3 is 2.55 bits per heavy atom. The molecule has 5 nitrogen and oxygen atoms in total. The van der Waals surface area contributed by atoms with Crippen molar-refractivity contribution in [2.75, 3.05) is 18.9 Å². The van der Waals surface area contributed by atoms with E-state index in [0.29, 0.717) is 12.1 Å². The fourth-order valence-corrected chi connectivity index (χ4v) is 1.85. The van der Waals surface area contributed by atoms with Crippen molar-refractivity contribution in [1.29, 1.82) is 0 Å². The fourth-order valence-electron chi connectivity index (χ4n) is 1.85. The van der Waals surface area contributed by atoms with Crippen molar-refractivity contribution < 1.29 is 9.59 Å². The number of hydrogen-bond acceptors (Lipinski definition) is 3. The number of carbonyl (C=O) groups excluding carboxylic acids is 2. The molecule has 0 spiro atoms. The van der Waals surface area contributed by atoms with Gasteiger partial charge in [0.15, 0.2) is 0 Å². The van der Waals surface area contributed by atoms with E-state index in [9.17, 15) is 9.59 Å². The van der Waals surface area contributed by atoms with Crippen LogP contribution in [0.25, 0.3) is 0 Å². The predicted octanol–water partition coefficient (Wildman–Crippen LogP) is 1.60. The summed E-state index contributed by atoms with van der Waals surface area (Å²) in [6.45, 7) is 2.06. The smallest absolute Gasteiger partial charge is 0.243 e. The van der Waals surface area contributed by atoms with Crippen molar-refractivity contribution in [1.82, 2.24) is 4.90 Å². The summed E-state index contributed by atoms with van der Waals surface area (Å²) >= 11 is 0. The van der Waals surface area contributed by atoms with E-state index in [-0.39, 0.29) is 18.4 Å². The molecular weight excluding hydrogens is 254 g/mol. The maximum Gasteiger partial charge on any atom is 0.243 e. The summed E-state index contributed by atoms with van der Waals surface area (Å²) in [4.78, 5) is 25.1. The first kappa shape index (κ1) is 16.2. The maximum absolute atomic E-state index is 12.0. The Hall–Kier alpha value is -1.88. The lowest BCUT2D eigenvalue weighted by Crippen LogP contribution is -2.44. The van der Waals surface area contributed by atoms with Crippen molar-refractivity contribution in [3.63, 3.8) is 0 Å². The Bertz CT molecular complexity index is 434. The molecule has 1 aromatic carbocycles. The number of anilines is 1. The number of rotatable bonds is 7. The standard InChI is InChI=1S/C15H23N3O2/c1-3-4-10-13(16)15(20)18(2)11-14(19)17-12-8-6-5-7-9-12/h5-9,13H,3-4,10-11,16H2,1-2H3,(H,17,19). The molecular formula is C15H23N3O2. The van der Waals surface area contributed by atoms with E-state index in [1.54, 1.807) is 19.2 Å². The summed E-state index contributed by atoms with van der Waals surface area (Å²) in [5.41, 5.74) is 6.53. The minimum absolute atomic E-state index is 0.00749. The second-order valence-corrected chi connectivity index (χ2v) is 4.86. The van der Waals surface area contributed by atoms with Crippen LogP contribution in [0.15, 0.2) is 30.3 Å². The third-order valence-electron chi connectivity index (χ3n) is 3.00. The molecule has 1 unspecified atom stereocenters. The number of nitrogens with two attached hydrogens (primary N) is 1. The molecule has 0 radical (unpaired) electrons. The lowest BCUT2D eigenvalue weighted by atomic mass is 10.1. The quantitative estimate of drug-likeness (QED) is 0.795. The Morgan fingerprint density at radius 2 is 1.95 bits per heavy atom. The average molecular weight is 277 g/mol. The lowest BCUT2D eigenvalue weighted by Gasteiger charge is -2.20. The highest BCUT2D eigenvalue weighted by atomic mass is 16.2. The molecule has 0 heterocycles. The minimum atomic E-state index is -0.524. The summed E-state index contributed by atoms with van der Waals surface area (Å²) in [6.07, 6.45) is 2.57. The van der Waals surface area contributed by atoms with Crippen LogP contribution in [-0.4, -0.2) is 36.3 Å². The molecule has 1 atom stereocenters. The van der Waals surface area contributed by atoms with Gasteiger partial charge in [0.05, 0.1) is 12.6 Å². The Kier molecular flexibility index (Phi) is 6.73. The van der Waals surface area contributed by atoms with Crippen molar-refractivity contribution in [2.24, 2.45) is 5.73 Å². The van der Waals surface area contributed by atoms with E-state index >= 15 is 0 Å². The summed E-state index contributed by atoms with van der Waals surface area (Å²) in [5, 5.41) is 2.74. The number of carbonyl (C=O) groups is 2. The Labute approximate surface area is 120 Å². The largest absolute Gasteiger partial charge is 0.335 e. The van der Waals surface area contributed by atoms with Gasteiger partial charge in [0.25, 0.3) is 0 Å². The zero-order valence-corrected chi connectivity index (χ0v) is 12.1. The molecule has 0 aliphatic carbocycles. The van der Waals surface area contributed by atoms with Gasteiger partial charge < -0.3 is 16.0 Å². The molecule has 0 saturated carbocycles. The van der Waals surface area contributed by atoms with Gasteiger partial charge in [-0.1, -0.05) is 38.0 Å². The van der Waals surface area contributed by atoms with E-state index in [1.165, 1.54) is 4.90 Å². The van der Waals surface area contributed by atoms with Crippen molar-refractivity contribution in [2.45, 2.75) is 32.2 Å². The van der Waals surface area contributed by atoms with Crippen LogP contribution in [0.4, 0.5) is 5.69 Å². The first-order valence-electron chi connectivity index (χ1n) is 6.90. The minimum Gasteiger partial charge on any atom is -0.335 e. The molecule has 0 bridgehead atoms. The van der Waals surface area contributed by atoms with Gasteiger partial charge in [-0.15, -0.1) is 0 Å². The molecule has 20 heavy (non-hydrogen) atoms. The molecule has 110 valence electrons. The molecule has 0 aliphatic rings. The van der Waals surface area contributed by atoms with Gasteiger partial charge in [0.2, 0.25) is 11.8 Å². The zero-order valence-electron chi connectivity index (χ0n) is 12.1. The van der Waals surface area contributed by atoms with E-state index in [2.05, 4.69) is 5.32 Å². The number of hydrogen-bond donors (Lipinski definition) is 2. The van der Waals surface area contributed by atoms with Gasteiger partial charge >= 0.3 is 0 Å². The summed E-state index contributed by atoms with van der Waals surface area (Å²) in [7, 11) is 1.60. The first-order chi connectivity index (χ1) is 9.54. The molecule has 1 rings (SSSR count). The summed E-state index contributed by atoms with van der Waals surface area (Å²) < 4.78 is 0. The van der Waals surface area contributed by atoms with Crippen LogP contribution in [0.3, 0.4) is 0 Å². The predicted molar refractivity (Wildman–Crippen MR) is 80.2 cm³/mol. The van der Waals surface area contributed by atoms with Crippen LogP contribution in [0.2, 0.25) is 0 Å². The molecule has 0 aliphatic heterocycles. The highest BCUT2D eigenvalue weighted by Gasteiger charge is 2.19. The van der Waals surface area contributed by atoms with E-state index in [4.69, 9.17) is 5.73 Å². The highest BCUT2D eigenvalue weighted by Crippen LogP contribution is 2.05. The molecule has 0 fully saturated rings. The molecule has 2 amide bonds. The number of nitrogens with zero attached hydrogens (tertiary/aromatic N) is 1. The third kappa shape index (κ3) is 5.40. The Morgan fingerprint density at radius 1 is 1.30 bits per heavy atom. The number of unbranched alkanes of at least 4 members (excludes halogenated alkanes) is 1. The average Bonchev–Trinajstić information content (AvgIpc) is 2.44. The fraction of sp³-hybridized carbons (Fsp3) is 0.467. The van der Waals surface area contributed by atoms with Crippen molar-refractivity contribution >= 4 is 17.5 Å². The van der Waals surface area contributed by atoms with E-state index in [0.717, 1.165) is 12.8 Å². The van der Waals surface area contributed by atoms with Crippen LogP contribution in [-0.2, 0) is 9.59 Å². The topological polar surface area (TPSA) is 75.4 Å². The normalized spacial score (nSPS) is 11.8. The molecule has 0 saturated heterocycles. The number of likely N-dealkylation sites (N-methyl/N-ethyl adjacent to an activating group) is 1. The van der Waals surface area contributed by atoms with Crippen LogP contribution >= 0.6 is 0 Å². The van der Waals surface area contributed by atoms with Crippen LogP contribution in [0.1, 0.15) is 26.2 Å². The maximum atomic E-state index is 12.0. The first-order valence-corrected chi connectivity index (χ1v) is 6.90. The van der Waals surface area contributed by atoms with Crippen molar-refractivity contribution in [3.05, 3.63) is 30.3 Å². The molecule has 1 aromatic rings. The monoisotopic (exact) mass is 277 g/mol. The molecule has 0 aromatic heterocycles. The SMILES string of the molecule is CCCCC(N)C(=O)N(C)CC(=O)Nc1ccccc1. The van der Waals surface area contributed by atoms with Crippen molar-refractivity contribution in [3.8, 4) is 0 Å². The van der Waals surface area contributed by atoms with Gasteiger partial charge in [-0.2, -0.15) is 0 Å². The summed E-state index contributed by atoms with van der Waals surface area (Å²) in [5.74, 6) is -0.420. The highest BCUT2D eigenvalue weighted by molar-refractivity contribution is 5.95. The zero-order chi connectivity index (χ0) is 15.0. The third-order valence-corrected chi connectivity index (χ3v) is 3.00. The number of para-hydroxylation sites is 1. The lowest BCUT2D eigenvalue weighted by molar-refractivity contribution is -0.134. The number of nitrogens with one attached hydrogen (secondary N) is 1. The second-order valence-electron chi connectivity index (χ2n) is 4.86. The van der Waals surface area contributed by atoms with E-state index in [1.807, 2.05) is 25.1 Å². The Balaban J connectivity index is 2.42. The van der Waals surface area contributed by atoms with Gasteiger partial charge in [-0.05, 0) is 18.6 Å². The van der Waals surface area contributed by atoms with Gasteiger partial charge in [-0.3, -0.25) is 9.59 Å². The number of amides is 2. The van der Waals surface area contributed by atoms with E-state index < -0.39 is 6.04 Å². The van der Waals surface area contributed by atoms with Crippen LogP contribution < -0.4 is 11.1 Å². The second kappa shape index (κ2) is 8.32. The van der Waals surface area contributed by atoms with Crippen LogP contribution in [0.5, 0.6) is 0 Å². The summed E-state index contributed by atoms with van der Waals surface area (Å²) in [6, 6.07) is 8.62. The van der Waals surface area contributed by atoms with Gasteiger partial charge in [0, 0.05) is 12.7 Å². The van der Waals surface area contributed by atoms with Gasteiger partial charge in [-0.25, -0.2) is 0 Å². The molecule has 5 heteroatoms. The number of benzene rings is 1. The van der Waals surface area contributed by atoms with Gasteiger partial charge in [0.1, 0.15) is 0 Å². The molecule has 3 N–H and O–H groups in total.